The second kappa shape index (κ2) is 8.40. The van der Waals surface area contributed by atoms with Crippen LogP contribution in [0.4, 0.5) is 5.69 Å². The molecule has 0 bridgehead atoms. The Bertz CT molecular complexity index is 421. The molecule has 3 nitrogen and oxygen atoms in total. The van der Waals surface area contributed by atoms with Crippen LogP contribution >= 0.6 is 0 Å². The molecule has 118 valence electrons. The average molecular weight is 291 g/mol. The average Bonchev–Trinajstić information content (AvgIpc) is 2.47. The van der Waals surface area contributed by atoms with Gasteiger partial charge in [-0.15, -0.1) is 0 Å². The Labute approximate surface area is 129 Å². The fraction of sp³-hybridized carbons (Fsp3) is 0.667. The van der Waals surface area contributed by atoms with E-state index in [4.69, 9.17) is 9.47 Å². The highest BCUT2D eigenvalue weighted by atomic mass is 16.5. The second-order valence-electron chi connectivity index (χ2n) is 6.39. The van der Waals surface area contributed by atoms with Gasteiger partial charge in [-0.25, -0.2) is 0 Å². The Kier molecular flexibility index (Phi) is 6.52. The molecule has 2 rings (SSSR count). The number of benzene rings is 1. The van der Waals surface area contributed by atoms with E-state index in [2.05, 4.69) is 43.4 Å². The summed E-state index contributed by atoms with van der Waals surface area (Å²) in [5.74, 6) is 1.62. The molecule has 1 aromatic carbocycles. The first-order valence-corrected chi connectivity index (χ1v) is 8.11. The van der Waals surface area contributed by atoms with Crippen LogP contribution in [0, 0.1) is 11.8 Å². The minimum Gasteiger partial charge on any atom is -0.382 e. The first-order chi connectivity index (χ1) is 10.2. The molecule has 3 atom stereocenters. The predicted molar refractivity (Wildman–Crippen MR) is 87.6 cm³/mol. The van der Waals surface area contributed by atoms with Gasteiger partial charge in [0.2, 0.25) is 0 Å². The highest BCUT2D eigenvalue weighted by Gasteiger charge is 2.24. The van der Waals surface area contributed by atoms with Gasteiger partial charge in [-0.2, -0.15) is 0 Å². The normalized spacial score (nSPS) is 25.8. The van der Waals surface area contributed by atoms with E-state index in [1.54, 1.807) is 7.11 Å². The zero-order valence-electron chi connectivity index (χ0n) is 13.6. The minimum atomic E-state index is 0.603. The summed E-state index contributed by atoms with van der Waals surface area (Å²) >= 11 is 0. The van der Waals surface area contributed by atoms with E-state index in [-0.39, 0.29) is 0 Å². The molecule has 1 saturated carbocycles. The van der Waals surface area contributed by atoms with Crippen LogP contribution in [0.2, 0.25) is 0 Å². The van der Waals surface area contributed by atoms with Crippen molar-refractivity contribution in [1.82, 2.24) is 0 Å². The quantitative estimate of drug-likeness (QED) is 0.768. The molecule has 1 aliphatic carbocycles. The summed E-state index contributed by atoms with van der Waals surface area (Å²) in [4.78, 5) is 0. The van der Waals surface area contributed by atoms with Crippen molar-refractivity contribution < 1.29 is 9.47 Å². The number of anilines is 1. The van der Waals surface area contributed by atoms with Crippen LogP contribution in [0.3, 0.4) is 0 Å². The highest BCUT2D eigenvalue weighted by Crippen LogP contribution is 2.30. The highest BCUT2D eigenvalue weighted by molar-refractivity contribution is 5.46. The molecule has 0 saturated heterocycles. The van der Waals surface area contributed by atoms with Gasteiger partial charge in [0.25, 0.3) is 0 Å². The van der Waals surface area contributed by atoms with Gasteiger partial charge >= 0.3 is 0 Å². The maximum absolute atomic E-state index is 5.59. The largest absolute Gasteiger partial charge is 0.382 e. The van der Waals surface area contributed by atoms with E-state index in [0.29, 0.717) is 25.9 Å². The SMILES string of the molecule is COCCOCc1cccc(NC2CCC(C)CC2C)c1. The van der Waals surface area contributed by atoms with Gasteiger partial charge in [0.05, 0.1) is 19.8 Å². The zero-order valence-corrected chi connectivity index (χ0v) is 13.6. The van der Waals surface area contributed by atoms with E-state index in [1.807, 2.05) is 0 Å². The van der Waals surface area contributed by atoms with Gasteiger partial charge < -0.3 is 14.8 Å². The third kappa shape index (κ3) is 5.33. The Morgan fingerprint density at radius 1 is 1.19 bits per heavy atom. The topological polar surface area (TPSA) is 30.5 Å². The van der Waals surface area contributed by atoms with Gasteiger partial charge in [0.1, 0.15) is 0 Å². The van der Waals surface area contributed by atoms with E-state index in [1.165, 1.54) is 30.5 Å². The minimum absolute atomic E-state index is 0.603. The Balaban J connectivity index is 1.85. The van der Waals surface area contributed by atoms with Gasteiger partial charge in [0.15, 0.2) is 0 Å². The summed E-state index contributed by atoms with van der Waals surface area (Å²) in [5, 5.41) is 3.71. The molecule has 0 aliphatic heterocycles. The van der Waals surface area contributed by atoms with Crippen LogP contribution in [0.5, 0.6) is 0 Å². The molecule has 3 heteroatoms. The molecule has 1 aromatic rings. The number of hydrogen-bond acceptors (Lipinski definition) is 3. The summed E-state index contributed by atoms with van der Waals surface area (Å²) in [5.41, 5.74) is 2.43. The molecule has 0 aromatic heterocycles. The van der Waals surface area contributed by atoms with Crippen LogP contribution < -0.4 is 5.32 Å². The van der Waals surface area contributed by atoms with Gasteiger partial charge in [0, 0.05) is 18.8 Å². The number of methoxy groups -OCH3 is 1. The monoisotopic (exact) mass is 291 g/mol. The number of hydrogen-bond donors (Lipinski definition) is 1. The van der Waals surface area contributed by atoms with Crippen molar-refractivity contribution in [2.75, 3.05) is 25.6 Å². The summed E-state index contributed by atoms with van der Waals surface area (Å²) < 4.78 is 10.6. The van der Waals surface area contributed by atoms with Crippen molar-refractivity contribution in [3.05, 3.63) is 29.8 Å². The maximum Gasteiger partial charge on any atom is 0.0718 e. The van der Waals surface area contributed by atoms with Crippen molar-refractivity contribution in [3.63, 3.8) is 0 Å². The standard InChI is InChI=1S/C18H29NO2/c1-14-7-8-18(15(2)11-14)19-17-6-4-5-16(12-17)13-21-10-9-20-3/h4-6,12,14-15,18-19H,7-11,13H2,1-3H3. The molecule has 0 amide bonds. The van der Waals surface area contributed by atoms with E-state index < -0.39 is 0 Å². The number of ether oxygens (including phenoxy) is 2. The smallest absolute Gasteiger partial charge is 0.0718 e. The lowest BCUT2D eigenvalue weighted by atomic mass is 9.80. The maximum atomic E-state index is 5.59. The number of rotatable bonds is 7. The third-order valence-corrected chi connectivity index (χ3v) is 4.41. The van der Waals surface area contributed by atoms with Crippen LogP contribution in [-0.4, -0.2) is 26.4 Å². The second-order valence-corrected chi connectivity index (χ2v) is 6.39. The molecular weight excluding hydrogens is 262 g/mol. The molecule has 21 heavy (non-hydrogen) atoms. The van der Waals surface area contributed by atoms with Gasteiger partial charge in [-0.1, -0.05) is 26.0 Å². The lowest BCUT2D eigenvalue weighted by Gasteiger charge is -2.34. The van der Waals surface area contributed by atoms with Crippen molar-refractivity contribution in [3.8, 4) is 0 Å². The molecule has 0 heterocycles. The summed E-state index contributed by atoms with van der Waals surface area (Å²) in [6, 6.07) is 9.18. The summed E-state index contributed by atoms with van der Waals surface area (Å²) in [6.07, 6.45) is 3.94. The fourth-order valence-corrected chi connectivity index (χ4v) is 3.18. The van der Waals surface area contributed by atoms with Gasteiger partial charge in [-0.05, 0) is 48.8 Å². The van der Waals surface area contributed by atoms with Gasteiger partial charge in [-0.3, -0.25) is 0 Å². The Morgan fingerprint density at radius 2 is 2.05 bits per heavy atom. The van der Waals surface area contributed by atoms with Crippen molar-refractivity contribution >= 4 is 5.69 Å². The zero-order chi connectivity index (χ0) is 15.1. The van der Waals surface area contributed by atoms with Crippen molar-refractivity contribution in [1.29, 1.82) is 0 Å². The molecule has 1 fully saturated rings. The van der Waals surface area contributed by atoms with E-state index in [9.17, 15) is 0 Å². The van der Waals surface area contributed by atoms with E-state index >= 15 is 0 Å². The van der Waals surface area contributed by atoms with Crippen molar-refractivity contribution in [2.45, 2.75) is 45.8 Å². The lowest BCUT2D eigenvalue weighted by molar-refractivity contribution is 0.0617. The van der Waals surface area contributed by atoms with Crippen LogP contribution in [-0.2, 0) is 16.1 Å². The molecule has 0 spiro atoms. The molecule has 1 N–H and O–H groups in total. The summed E-state index contributed by atoms with van der Waals surface area (Å²) in [6.45, 7) is 6.67. The van der Waals surface area contributed by atoms with Crippen LogP contribution in [0.15, 0.2) is 24.3 Å². The summed E-state index contributed by atoms with van der Waals surface area (Å²) in [7, 11) is 1.69. The first-order valence-electron chi connectivity index (χ1n) is 8.11. The van der Waals surface area contributed by atoms with Crippen molar-refractivity contribution in [2.24, 2.45) is 11.8 Å². The van der Waals surface area contributed by atoms with Crippen LogP contribution in [0.1, 0.15) is 38.7 Å². The molecule has 1 aliphatic rings. The number of nitrogens with one attached hydrogen (secondary N) is 1. The molecule has 3 unspecified atom stereocenters. The Morgan fingerprint density at radius 3 is 2.81 bits per heavy atom. The molecule has 0 radical (unpaired) electrons. The first kappa shape index (κ1) is 16.3. The fourth-order valence-electron chi connectivity index (χ4n) is 3.18. The van der Waals surface area contributed by atoms with E-state index in [0.717, 1.165) is 11.8 Å². The third-order valence-electron chi connectivity index (χ3n) is 4.41. The predicted octanol–water partition coefficient (Wildman–Crippen LogP) is 4.09. The Hall–Kier alpha value is -1.06. The lowest BCUT2D eigenvalue weighted by Crippen LogP contribution is -2.33. The van der Waals surface area contributed by atoms with Crippen LogP contribution in [0.25, 0.3) is 0 Å². The molecular formula is C18H29NO2.